The second kappa shape index (κ2) is 8.86. The predicted octanol–water partition coefficient (Wildman–Crippen LogP) is 3.75. The molecule has 0 atom stereocenters. The molecule has 0 fully saturated rings. The highest BCUT2D eigenvalue weighted by molar-refractivity contribution is 6.33. The summed E-state index contributed by atoms with van der Waals surface area (Å²) >= 11 is 5.94. The van der Waals surface area contributed by atoms with Crippen LogP contribution in [0.5, 0.6) is 0 Å². The number of hydrogen-bond acceptors (Lipinski definition) is 4. The van der Waals surface area contributed by atoms with Crippen molar-refractivity contribution in [3.63, 3.8) is 0 Å². The fraction of sp³-hybridized carbons (Fsp3) is 0.211. The van der Waals surface area contributed by atoms with Crippen LogP contribution in [0.1, 0.15) is 22.3 Å². The monoisotopic (exact) mass is 356 g/mol. The number of aryl methyl sites for hydroxylation is 1. The third kappa shape index (κ3) is 5.07. The molecule has 0 aliphatic rings. The lowest BCUT2D eigenvalue weighted by Gasteiger charge is -2.22. The number of benzene rings is 2. The zero-order valence-electron chi connectivity index (χ0n) is 13.7. The van der Waals surface area contributed by atoms with Gasteiger partial charge in [0.25, 0.3) is 5.91 Å². The summed E-state index contributed by atoms with van der Waals surface area (Å²) in [6.45, 7) is 1.74. The maximum atomic E-state index is 12.5. The van der Waals surface area contributed by atoms with E-state index in [2.05, 4.69) is 0 Å². The van der Waals surface area contributed by atoms with Crippen molar-refractivity contribution >= 4 is 29.2 Å². The van der Waals surface area contributed by atoms with Gasteiger partial charge in [-0.2, -0.15) is 5.26 Å². The van der Waals surface area contributed by atoms with Crippen molar-refractivity contribution < 1.29 is 14.3 Å². The van der Waals surface area contributed by atoms with Crippen LogP contribution in [0.25, 0.3) is 0 Å². The van der Waals surface area contributed by atoms with Gasteiger partial charge in [-0.05, 0) is 31.2 Å². The minimum absolute atomic E-state index is 0.179. The molecule has 0 aliphatic heterocycles. The Morgan fingerprint density at radius 3 is 2.48 bits per heavy atom. The van der Waals surface area contributed by atoms with E-state index in [1.54, 1.807) is 30.3 Å². The molecule has 0 unspecified atom stereocenters. The molecule has 6 heteroatoms. The van der Waals surface area contributed by atoms with Gasteiger partial charge in [-0.15, -0.1) is 0 Å². The van der Waals surface area contributed by atoms with Crippen LogP contribution >= 0.6 is 11.6 Å². The number of esters is 1. The number of rotatable bonds is 6. The first kappa shape index (κ1) is 18.5. The second-order valence-electron chi connectivity index (χ2n) is 5.35. The van der Waals surface area contributed by atoms with Crippen LogP contribution in [0.15, 0.2) is 48.5 Å². The van der Waals surface area contributed by atoms with Crippen LogP contribution in [-0.4, -0.2) is 25.0 Å². The van der Waals surface area contributed by atoms with Crippen LogP contribution in [0.4, 0.5) is 5.69 Å². The van der Waals surface area contributed by atoms with Crippen molar-refractivity contribution in [1.29, 1.82) is 5.26 Å². The quantitative estimate of drug-likeness (QED) is 0.739. The van der Waals surface area contributed by atoms with Crippen LogP contribution < -0.4 is 4.90 Å². The summed E-state index contributed by atoms with van der Waals surface area (Å²) in [5.74, 6) is -1.07. The molecule has 0 aromatic heterocycles. The molecule has 0 spiro atoms. The van der Waals surface area contributed by atoms with Gasteiger partial charge in [0.15, 0.2) is 6.61 Å². The number of halogens is 1. The number of nitriles is 1. The molecule has 1 amide bonds. The number of carbonyl (C=O) groups excluding carboxylic acids is 2. The van der Waals surface area contributed by atoms with Gasteiger partial charge in [0.05, 0.1) is 23.1 Å². The molecule has 25 heavy (non-hydrogen) atoms. The van der Waals surface area contributed by atoms with E-state index in [-0.39, 0.29) is 23.6 Å². The average Bonchev–Trinajstić information content (AvgIpc) is 2.61. The number of amides is 1. The van der Waals surface area contributed by atoms with Crippen LogP contribution in [0.2, 0.25) is 5.02 Å². The smallest absolute Gasteiger partial charge is 0.340 e. The molecule has 0 saturated carbocycles. The maximum Gasteiger partial charge on any atom is 0.340 e. The van der Waals surface area contributed by atoms with Crippen LogP contribution in [0, 0.1) is 18.3 Å². The van der Waals surface area contributed by atoms with E-state index < -0.39 is 18.5 Å². The molecular formula is C19H17ClN2O3. The fourth-order valence-electron chi connectivity index (χ4n) is 2.19. The lowest BCUT2D eigenvalue weighted by atomic mass is 10.2. The van der Waals surface area contributed by atoms with E-state index in [0.717, 1.165) is 5.56 Å². The van der Waals surface area contributed by atoms with Crippen molar-refractivity contribution in [1.82, 2.24) is 0 Å². The van der Waals surface area contributed by atoms with Gasteiger partial charge in [0.2, 0.25) is 0 Å². The molecule has 5 nitrogen and oxygen atoms in total. The molecule has 0 saturated heterocycles. The summed E-state index contributed by atoms with van der Waals surface area (Å²) in [6.07, 6.45) is 0.179. The molecule has 2 aromatic rings. The molecular weight excluding hydrogens is 340 g/mol. The van der Waals surface area contributed by atoms with Gasteiger partial charge in [-0.1, -0.05) is 41.4 Å². The Hall–Kier alpha value is -2.84. The number of carbonyl (C=O) groups is 2. The van der Waals surface area contributed by atoms with Crippen molar-refractivity contribution in [3.8, 4) is 6.07 Å². The zero-order chi connectivity index (χ0) is 18.2. The Morgan fingerprint density at radius 1 is 1.16 bits per heavy atom. The van der Waals surface area contributed by atoms with Gasteiger partial charge in [-0.3, -0.25) is 4.79 Å². The van der Waals surface area contributed by atoms with E-state index >= 15 is 0 Å². The van der Waals surface area contributed by atoms with E-state index in [0.29, 0.717) is 5.69 Å². The van der Waals surface area contributed by atoms with Crippen molar-refractivity contribution in [3.05, 3.63) is 64.7 Å². The molecule has 128 valence electrons. The highest BCUT2D eigenvalue weighted by Gasteiger charge is 2.19. The van der Waals surface area contributed by atoms with Crippen LogP contribution in [0.3, 0.4) is 0 Å². The average molecular weight is 357 g/mol. The van der Waals surface area contributed by atoms with Crippen molar-refractivity contribution in [2.75, 3.05) is 18.1 Å². The molecule has 2 aromatic carbocycles. The Morgan fingerprint density at radius 2 is 1.84 bits per heavy atom. The standard InChI is InChI=1S/C19H17ClN2O3/c1-14-7-9-15(10-8-14)22(12-4-11-21)18(23)13-25-19(24)16-5-2-3-6-17(16)20/h2-3,5-10H,4,12-13H2,1H3. The molecule has 0 aliphatic carbocycles. The summed E-state index contributed by atoms with van der Waals surface area (Å²) in [5.41, 5.74) is 1.91. The Kier molecular flexibility index (Phi) is 6.55. The first-order valence-electron chi connectivity index (χ1n) is 7.68. The summed E-state index contributed by atoms with van der Waals surface area (Å²) in [6, 6.07) is 15.8. The normalized spacial score (nSPS) is 9.96. The van der Waals surface area contributed by atoms with E-state index in [4.69, 9.17) is 21.6 Å². The SMILES string of the molecule is Cc1ccc(N(CCC#N)C(=O)COC(=O)c2ccccc2Cl)cc1. The van der Waals surface area contributed by atoms with E-state index in [1.165, 1.54) is 11.0 Å². The molecule has 0 bridgehead atoms. The Balaban J connectivity index is 2.07. The molecule has 0 N–H and O–H groups in total. The van der Waals surface area contributed by atoms with Gasteiger partial charge in [-0.25, -0.2) is 4.79 Å². The van der Waals surface area contributed by atoms with Gasteiger partial charge in [0, 0.05) is 12.2 Å². The lowest BCUT2D eigenvalue weighted by Crippen LogP contribution is -2.35. The third-order valence-corrected chi connectivity index (χ3v) is 3.84. The topological polar surface area (TPSA) is 70.4 Å². The minimum Gasteiger partial charge on any atom is -0.452 e. The van der Waals surface area contributed by atoms with E-state index in [9.17, 15) is 9.59 Å². The Labute approximate surface area is 151 Å². The van der Waals surface area contributed by atoms with Crippen LogP contribution in [-0.2, 0) is 9.53 Å². The zero-order valence-corrected chi connectivity index (χ0v) is 14.5. The highest BCUT2D eigenvalue weighted by atomic mass is 35.5. The van der Waals surface area contributed by atoms with Gasteiger partial charge in [0.1, 0.15) is 0 Å². The number of ether oxygens (including phenoxy) is 1. The largest absolute Gasteiger partial charge is 0.452 e. The summed E-state index contributed by atoms with van der Waals surface area (Å²) in [5, 5.41) is 9.06. The first-order chi connectivity index (χ1) is 12.0. The maximum absolute atomic E-state index is 12.5. The molecule has 0 radical (unpaired) electrons. The first-order valence-corrected chi connectivity index (χ1v) is 8.06. The van der Waals surface area contributed by atoms with Gasteiger partial charge >= 0.3 is 5.97 Å². The minimum atomic E-state index is -0.664. The van der Waals surface area contributed by atoms with Crippen molar-refractivity contribution in [2.45, 2.75) is 13.3 Å². The fourth-order valence-corrected chi connectivity index (χ4v) is 2.41. The molecule has 0 heterocycles. The van der Waals surface area contributed by atoms with Crippen molar-refractivity contribution in [2.24, 2.45) is 0 Å². The summed E-state index contributed by atoms with van der Waals surface area (Å²) in [4.78, 5) is 26.0. The highest BCUT2D eigenvalue weighted by Crippen LogP contribution is 2.18. The second-order valence-corrected chi connectivity index (χ2v) is 5.75. The lowest BCUT2D eigenvalue weighted by molar-refractivity contribution is -0.121. The van der Waals surface area contributed by atoms with Gasteiger partial charge < -0.3 is 9.64 Å². The third-order valence-electron chi connectivity index (χ3n) is 3.51. The summed E-state index contributed by atoms with van der Waals surface area (Å²) in [7, 11) is 0. The predicted molar refractivity (Wildman–Crippen MR) is 95.5 cm³/mol. The number of nitrogens with zero attached hydrogens (tertiary/aromatic N) is 2. The molecule has 2 rings (SSSR count). The number of hydrogen-bond donors (Lipinski definition) is 0. The van der Waals surface area contributed by atoms with E-state index in [1.807, 2.05) is 25.1 Å². The summed E-state index contributed by atoms with van der Waals surface area (Å²) < 4.78 is 5.08. The number of anilines is 1. The Bertz CT molecular complexity index is 797.